The SMILES string of the molecule is CC1([Se]C2(C)C=CC=CC2)C=CC=CC1. The quantitative estimate of drug-likeness (QED) is 0.660. The standard InChI is InChI=1S/C14H18Se/c1-13(9-5-3-6-10-13)15-14(2)11-7-4-8-12-14/h3-9,11H,10,12H2,1-2H3. The zero-order valence-electron chi connectivity index (χ0n) is 9.44. The van der Waals surface area contributed by atoms with Gasteiger partial charge >= 0.3 is 98.9 Å². The van der Waals surface area contributed by atoms with E-state index < -0.39 is 0 Å². The molecule has 0 saturated heterocycles. The molecule has 0 radical (unpaired) electrons. The van der Waals surface area contributed by atoms with E-state index in [0.29, 0.717) is 23.6 Å². The molecule has 0 aromatic carbocycles. The molecular weight excluding hydrogens is 247 g/mol. The van der Waals surface area contributed by atoms with Gasteiger partial charge in [-0.25, -0.2) is 0 Å². The van der Waals surface area contributed by atoms with Crippen LogP contribution in [0.4, 0.5) is 0 Å². The third-order valence-corrected chi connectivity index (χ3v) is 6.13. The molecule has 2 atom stereocenters. The van der Waals surface area contributed by atoms with Crippen molar-refractivity contribution in [2.45, 2.75) is 35.3 Å². The van der Waals surface area contributed by atoms with E-state index in [4.69, 9.17) is 0 Å². The fraction of sp³-hybridized carbons (Fsp3) is 0.429. The van der Waals surface area contributed by atoms with E-state index in [9.17, 15) is 0 Å². The molecule has 0 saturated carbocycles. The van der Waals surface area contributed by atoms with Gasteiger partial charge in [-0.05, 0) is 0 Å². The molecule has 2 unspecified atom stereocenters. The molecule has 0 N–H and O–H groups in total. The van der Waals surface area contributed by atoms with E-state index >= 15 is 0 Å². The number of rotatable bonds is 2. The van der Waals surface area contributed by atoms with Crippen molar-refractivity contribution in [2.75, 3.05) is 0 Å². The molecule has 0 nitrogen and oxygen atoms in total. The predicted molar refractivity (Wildman–Crippen MR) is 68.3 cm³/mol. The Hall–Kier alpha value is -0.521. The van der Waals surface area contributed by atoms with Gasteiger partial charge in [0.05, 0.1) is 0 Å². The zero-order chi connectivity index (χ0) is 10.8. The van der Waals surface area contributed by atoms with Crippen LogP contribution in [0.15, 0.2) is 48.6 Å². The summed E-state index contributed by atoms with van der Waals surface area (Å²) in [6.45, 7) is 4.79. The van der Waals surface area contributed by atoms with Crippen LogP contribution in [-0.4, -0.2) is 15.0 Å². The Bertz CT molecular complexity index is 314. The van der Waals surface area contributed by atoms with Crippen LogP contribution >= 0.6 is 0 Å². The summed E-state index contributed by atoms with van der Waals surface area (Å²) in [7, 11) is 0. The first kappa shape index (κ1) is 11.0. The van der Waals surface area contributed by atoms with Gasteiger partial charge in [-0.2, -0.15) is 0 Å². The van der Waals surface area contributed by atoms with Crippen LogP contribution < -0.4 is 0 Å². The third kappa shape index (κ3) is 2.74. The molecule has 0 bridgehead atoms. The summed E-state index contributed by atoms with van der Waals surface area (Å²) >= 11 is 0.614. The van der Waals surface area contributed by atoms with Crippen molar-refractivity contribution < 1.29 is 0 Å². The summed E-state index contributed by atoms with van der Waals surface area (Å²) in [6, 6.07) is 0. The van der Waals surface area contributed by atoms with Crippen LogP contribution in [0.3, 0.4) is 0 Å². The van der Waals surface area contributed by atoms with E-state index in [0.717, 1.165) is 0 Å². The third-order valence-electron chi connectivity index (χ3n) is 2.90. The van der Waals surface area contributed by atoms with Crippen molar-refractivity contribution in [3.63, 3.8) is 0 Å². The van der Waals surface area contributed by atoms with Crippen LogP contribution in [-0.2, 0) is 0 Å². The monoisotopic (exact) mass is 266 g/mol. The Labute approximate surface area is 99.0 Å². The first-order chi connectivity index (χ1) is 7.12. The van der Waals surface area contributed by atoms with Crippen molar-refractivity contribution in [1.82, 2.24) is 0 Å². The van der Waals surface area contributed by atoms with Gasteiger partial charge in [0.2, 0.25) is 0 Å². The molecule has 2 aliphatic carbocycles. The zero-order valence-corrected chi connectivity index (χ0v) is 11.2. The molecule has 0 heterocycles. The van der Waals surface area contributed by atoms with Gasteiger partial charge in [-0.15, -0.1) is 0 Å². The maximum atomic E-state index is 2.39. The Morgan fingerprint density at radius 2 is 1.27 bits per heavy atom. The summed E-state index contributed by atoms with van der Waals surface area (Å²) in [5.41, 5.74) is 0. The molecule has 0 aliphatic heterocycles. The van der Waals surface area contributed by atoms with Gasteiger partial charge in [-0.3, -0.25) is 0 Å². The van der Waals surface area contributed by atoms with Crippen molar-refractivity contribution in [3.05, 3.63) is 48.6 Å². The summed E-state index contributed by atoms with van der Waals surface area (Å²) < 4.78 is 0.817. The Morgan fingerprint density at radius 1 is 0.800 bits per heavy atom. The average Bonchev–Trinajstić information content (AvgIpc) is 2.18. The normalized spacial score (nSPS) is 38.5. The first-order valence-electron chi connectivity index (χ1n) is 5.51. The maximum absolute atomic E-state index is 2.39. The molecule has 0 aromatic heterocycles. The van der Waals surface area contributed by atoms with E-state index in [1.165, 1.54) is 12.8 Å². The molecule has 0 spiro atoms. The van der Waals surface area contributed by atoms with Gasteiger partial charge in [0.1, 0.15) is 0 Å². The molecule has 2 aliphatic rings. The van der Waals surface area contributed by atoms with Crippen LogP contribution in [0.5, 0.6) is 0 Å². The van der Waals surface area contributed by atoms with Crippen LogP contribution in [0, 0.1) is 0 Å². The number of allylic oxidation sites excluding steroid dienone is 8. The fourth-order valence-electron chi connectivity index (χ4n) is 2.10. The average molecular weight is 265 g/mol. The number of hydrogen-bond donors (Lipinski definition) is 0. The summed E-state index contributed by atoms with van der Waals surface area (Å²) in [4.78, 5) is 0. The van der Waals surface area contributed by atoms with Crippen molar-refractivity contribution >= 4 is 15.0 Å². The molecule has 15 heavy (non-hydrogen) atoms. The molecule has 2 rings (SSSR count). The van der Waals surface area contributed by atoms with Gasteiger partial charge in [0, 0.05) is 0 Å². The Balaban J connectivity index is 2.08. The predicted octanol–water partition coefficient (Wildman–Crippen LogP) is 4.08. The topological polar surface area (TPSA) is 0 Å². The second-order valence-electron chi connectivity index (χ2n) is 4.71. The van der Waals surface area contributed by atoms with Crippen LogP contribution in [0.1, 0.15) is 26.7 Å². The van der Waals surface area contributed by atoms with Crippen molar-refractivity contribution in [2.24, 2.45) is 0 Å². The molecule has 0 aromatic rings. The van der Waals surface area contributed by atoms with E-state index in [1.807, 2.05) is 0 Å². The van der Waals surface area contributed by atoms with Crippen LogP contribution in [0.25, 0.3) is 0 Å². The first-order valence-corrected chi connectivity index (χ1v) is 7.22. The van der Waals surface area contributed by atoms with Crippen LogP contribution in [0.2, 0.25) is 8.63 Å². The minimum atomic E-state index is 0.409. The van der Waals surface area contributed by atoms with Gasteiger partial charge in [0.15, 0.2) is 0 Å². The second-order valence-corrected chi connectivity index (χ2v) is 9.05. The molecule has 0 amide bonds. The molecular formula is C14H18Se. The molecule has 80 valence electrons. The Morgan fingerprint density at radius 3 is 1.60 bits per heavy atom. The van der Waals surface area contributed by atoms with E-state index in [2.05, 4.69) is 62.5 Å². The van der Waals surface area contributed by atoms with E-state index in [1.54, 1.807) is 0 Å². The second kappa shape index (κ2) is 4.15. The summed E-state index contributed by atoms with van der Waals surface area (Å²) in [5.74, 6) is 0. The van der Waals surface area contributed by atoms with Gasteiger partial charge < -0.3 is 0 Å². The number of hydrogen-bond acceptors (Lipinski definition) is 0. The Kier molecular flexibility index (Phi) is 3.04. The fourth-order valence-corrected chi connectivity index (χ4v) is 5.70. The van der Waals surface area contributed by atoms with Crippen molar-refractivity contribution in [1.29, 1.82) is 0 Å². The summed E-state index contributed by atoms with van der Waals surface area (Å²) in [6.07, 6.45) is 20.5. The summed E-state index contributed by atoms with van der Waals surface area (Å²) in [5, 5.41) is 0. The molecule has 0 fully saturated rings. The molecule has 1 heteroatoms. The van der Waals surface area contributed by atoms with Gasteiger partial charge in [0.25, 0.3) is 0 Å². The van der Waals surface area contributed by atoms with Gasteiger partial charge in [-0.1, -0.05) is 0 Å². The minimum absolute atomic E-state index is 0.409. The van der Waals surface area contributed by atoms with E-state index in [-0.39, 0.29) is 0 Å². The van der Waals surface area contributed by atoms with Crippen molar-refractivity contribution in [3.8, 4) is 0 Å².